The van der Waals surface area contributed by atoms with Crippen LogP contribution in [0.15, 0.2) is 10.6 Å². The second-order valence-electron chi connectivity index (χ2n) is 2.32. The third-order valence-corrected chi connectivity index (χ3v) is 1.40. The molecule has 0 bridgehead atoms. The lowest BCUT2D eigenvalue weighted by Gasteiger charge is -2.10. The van der Waals surface area contributed by atoms with Crippen LogP contribution in [0.1, 0.15) is 16.2 Å². The van der Waals surface area contributed by atoms with Crippen LogP contribution in [0.5, 0.6) is 0 Å². The standard InChI is InChI=1S/C7H10N2O3/c1-5-4-6(12-8-5)7(10)9(2)11-3/h4H,1-3H3. The van der Waals surface area contributed by atoms with E-state index < -0.39 is 0 Å². The quantitative estimate of drug-likeness (QED) is 0.610. The fourth-order valence-corrected chi connectivity index (χ4v) is 0.702. The van der Waals surface area contributed by atoms with Crippen molar-refractivity contribution in [3.05, 3.63) is 17.5 Å². The second kappa shape index (κ2) is 3.36. The van der Waals surface area contributed by atoms with Crippen molar-refractivity contribution in [1.82, 2.24) is 10.2 Å². The largest absolute Gasteiger partial charge is 0.351 e. The van der Waals surface area contributed by atoms with E-state index in [0.717, 1.165) is 5.06 Å². The molecule has 12 heavy (non-hydrogen) atoms. The SMILES string of the molecule is CON(C)C(=O)c1cc(C)no1. The minimum Gasteiger partial charge on any atom is -0.351 e. The predicted octanol–water partition coefficient (Wildman–Crippen LogP) is 0.616. The predicted molar refractivity (Wildman–Crippen MR) is 40.3 cm³/mol. The maximum atomic E-state index is 11.3. The summed E-state index contributed by atoms with van der Waals surface area (Å²) < 4.78 is 4.73. The van der Waals surface area contributed by atoms with Gasteiger partial charge in [-0.05, 0) is 6.92 Å². The normalized spacial score (nSPS) is 9.92. The van der Waals surface area contributed by atoms with Crippen LogP contribution in [-0.4, -0.2) is 30.3 Å². The van der Waals surface area contributed by atoms with Crippen LogP contribution in [-0.2, 0) is 4.84 Å². The summed E-state index contributed by atoms with van der Waals surface area (Å²) in [6.07, 6.45) is 0. The summed E-state index contributed by atoms with van der Waals surface area (Å²) >= 11 is 0. The van der Waals surface area contributed by atoms with Gasteiger partial charge in [-0.1, -0.05) is 5.16 Å². The Bertz CT molecular complexity index is 282. The molecule has 5 nitrogen and oxygen atoms in total. The number of hydroxylamine groups is 2. The van der Waals surface area contributed by atoms with E-state index in [1.807, 2.05) is 0 Å². The number of amides is 1. The Labute approximate surface area is 69.8 Å². The number of rotatable bonds is 2. The van der Waals surface area contributed by atoms with Gasteiger partial charge in [-0.15, -0.1) is 0 Å². The van der Waals surface area contributed by atoms with Crippen molar-refractivity contribution in [3.8, 4) is 0 Å². The van der Waals surface area contributed by atoms with E-state index in [2.05, 4.69) is 9.99 Å². The van der Waals surface area contributed by atoms with Crippen molar-refractivity contribution in [2.75, 3.05) is 14.2 Å². The molecule has 1 heterocycles. The summed E-state index contributed by atoms with van der Waals surface area (Å²) in [4.78, 5) is 15.9. The van der Waals surface area contributed by atoms with E-state index in [1.165, 1.54) is 14.2 Å². The van der Waals surface area contributed by atoms with Gasteiger partial charge in [0.1, 0.15) is 0 Å². The molecule has 0 saturated carbocycles. The third kappa shape index (κ3) is 1.62. The number of carbonyl (C=O) groups is 1. The second-order valence-corrected chi connectivity index (χ2v) is 2.32. The molecule has 0 radical (unpaired) electrons. The number of hydrogen-bond acceptors (Lipinski definition) is 4. The van der Waals surface area contributed by atoms with Gasteiger partial charge in [-0.3, -0.25) is 9.63 Å². The Kier molecular flexibility index (Phi) is 2.44. The molecule has 0 aliphatic heterocycles. The zero-order valence-corrected chi connectivity index (χ0v) is 7.20. The van der Waals surface area contributed by atoms with Crippen molar-refractivity contribution in [2.24, 2.45) is 0 Å². The molecule has 1 aromatic rings. The lowest BCUT2D eigenvalue weighted by molar-refractivity contribution is -0.0776. The molecule has 0 unspecified atom stereocenters. The maximum Gasteiger partial charge on any atom is 0.315 e. The van der Waals surface area contributed by atoms with E-state index in [9.17, 15) is 4.79 Å². The summed E-state index contributed by atoms with van der Waals surface area (Å²) in [6.45, 7) is 1.74. The summed E-state index contributed by atoms with van der Waals surface area (Å²) in [5.74, 6) is -0.171. The Hall–Kier alpha value is -1.36. The van der Waals surface area contributed by atoms with Crippen molar-refractivity contribution >= 4 is 5.91 Å². The van der Waals surface area contributed by atoms with Gasteiger partial charge in [0.15, 0.2) is 0 Å². The molecule has 1 aromatic heterocycles. The third-order valence-electron chi connectivity index (χ3n) is 1.40. The lowest BCUT2D eigenvalue weighted by atomic mass is 10.4. The number of carbonyl (C=O) groups excluding carboxylic acids is 1. The Morgan fingerprint density at radius 3 is 2.83 bits per heavy atom. The minimum atomic E-state index is -0.349. The van der Waals surface area contributed by atoms with Crippen LogP contribution in [0.4, 0.5) is 0 Å². The molecule has 0 aliphatic carbocycles. The lowest BCUT2D eigenvalue weighted by Crippen LogP contribution is -2.24. The Morgan fingerprint density at radius 2 is 2.42 bits per heavy atom. The molecular formula is C7H10N2O3. The highest BCUT2D eigenvalue weighted by Crippen LogP contribution is 2.04. The molecule has 0 atom stereocenters. The number of hydrogen-bond donors (Lipinski definition) is 0. The first-order valence-corrected chi connectivity index (χ1v) is 3.40. The van der Waals surface area contributed by atoms with Gasteiger partial charge in [-0.2, -0.15) is 0 Å². The average molecular weight is 170 g/mol. The Morgan fingerprint density at radius 1 is 1.75 bits per heavy atom. The van der Waals surface area contributed by atoms with Crippen LogP contribution in [0.25, 0.3) is 0 Å². The minimum absolute atomic E-state index is 0.178. The molecule has 1 rings (SSSR count). The van der Waals surface area contributed by atoms with Crippen molar-refractivity contribution < 1.29 is 14.2 Å². The van der Waals surface area contributed by atoms with Gasteiger partial charge < -0.3 is 4.52 Å². The number of aryl methyl sites for hydroxylation is 1. The van der Waals surface area contributed by atoms with E-state index in [0.29, 0.717) is 5.69 Å². The summed E-state index contributed by atoms with van der Waals surface area (Å²) in [7, 11) is 2.90. The highest BCUT2D eigenvalue weighted by molar-refractivity contribution is 5.90. The molecule has 0 fully saturated rings. The first-order valence-electron chi connectivity index (χ1n) is 3.40. The van der Waals surface area contributed by atoms with Crippen molar-refractivity contribution in [1.29, 1.82) is 0 Å². The Balaban J connectivity index is 2.78. The highest BCUT2D eigenvalue weighted by Gasteiger charge is 2.15. The van der Waals surface area contributed by atoms with Gasteiger partial charge in [-0.25, -0.2) is 5.06 Å². The molecule has 0 N–H and O–H groups in total. The van der Waals surface area contributed by atoms with Crippen LogP contribution in [0.2, 0.25) is 0 Å². The van der Waals surface area contributed by atoms with Crippen molar-refractivity contribution in [2.45, 2.75) is 6.92 Å². The number of nitrogens with zero attached hydrogens (tertiary/aromatic N) is 2. The van der Waals surface area contributed by atoms with E-state index in [1.54, 1.807) is 13.0 Å². The van der Waals surface area contributed by atoms with Crippen molar-refractivity contribution in [3.63, 3.8) is 0 Å². The fraction of sp³-hybridized carbons (Fsp3) is 0.429. The van der Waals surface area contributed by atoms with Crippen LogP contribution < -0.4 is 0 Å². The number of aromatic nitrogens is 1. The zero-order chi connectivity index (χ0) is 9.14. The van der Waals surface area contributed by atoms with E-state index in [-0.39, 0.29) is 11.7 Å². The smallest absolute Gasteiger partial charge is 0.315 e. The first-order chi connectivity index (χ1) is 5.65. The van der Waals surface area contributed by atoms with Gasteiger partial charge in [0.2, 0.25) is 5.76 Å². The summed E-state index contributed by atoms with van der Waals surface area (Å²) in [5.41, 5.74) is 0.669. The highest BCUT2D eigenvalue weighted by atomic mass is 16.7. The zero-order valence-electron chi connectivity index (χ0n) is 7.20. The molecule has 5 heteroatoms. The molecule has 1 amide bonds. The molecule has 0 aromatic carbocycles. The molecule has 66 valence electrons. The average Bonchev–Trinajstić information content (AvgIpc) is 2.49. The topological polar surface area (TPSA) is 55.6 Å². The van der Waals surface area contributed by atoms with Gasteiger partial charge in [0.05, 0.1) is 12.8 Å². The van der Waals surface area contributed by atoms with Crippen LogP contribution in [0.3, 0.4) is 0 Å². The van der Waals surface area contributed by atoms with Gasteiger partial charge >= 0.3 is 5.91 Å². The van der Waals surface area contributed by atoms with Crippen LogP contribution in [0, 0.1) is 6.92 Å². The monoisotopic (exact) mass is 170 g/mol. The van der Waals surface area contributed by atoms with Gasteiger partial charge in [0, 0.05) is 13.1 Å². The summed E-state index contributed by atoms with van der Waals surface area (Å²) in [5, 5.41) is 4.65. The summed E-state index contributed by atoms with van der Waals surface area (Å²) in [6, 6.07) is 1.55. The molecule has 0 spiro atoms. The van der Waals surface area contributed by atoms with E-state index >= 15 is 0 Å². The maximum absolute atomic E-state index is 11.3. The fourth-order valence-electron chi connectivity index (χ4n) is 0.702. The van der Waals surface area contributed by atoms with Crippen LogP contribution >= 0.6 is 0 Å². The molecule has 0 aliphatic rings. The first kappa shape index (κ1) is 8.73. The molecule has 0 saturated heterocycles. The van der Waals surface area contributed by atoms with Gasteiger partial charge in [0.25, 0.3) is 0 Å². The molecular weight excluding hydrogens is 160 g/mol. The van der Waals surface area contributed by atoms with E-state index in [4.69, 9.17) is 4.52 Å².